The van der Waals surface area contributed by atoms with E-state index in [1.807, 2.05) is 19.2 Å². The van der Waals surface area contributed by atoms with Gasteiger partial charge in [-0.15, -0.1) is 0 Å². The van der Waals surface area contributed by atoms with E-state index in [-0.39, 0.29) is 5.97 Å². The van der Waals surface area contributed by atoms with Gasteiger partial charge in [-0.3, -0.25) is 4.99 Å². The van der Waals surface area contributed by atoms with Gasteiger partial charge in [0.05, 0.1) is 18.4 Å². The van der Waals surface area contributed by atoms with Crippen LogP contribution >= 0.6 is 22.6 Å². The van der Waals surface area contributed by atoms with Crippen LogP contribution in [0, 0.1) is 31.3 Å². The smallest absolute Gasteiger partial charge is 0.337 e. The Kier molecular flexibility index (Phi) is 6.03. The lowest BCUT2D eigenvalue weighted by molar-refractivity contribution is 0.0600. The molecule has 0 unspecified atom stereocenters. The third kappa shape index (κ3) is 4.04. The molecule has 3 rings (SSSR count). The summed E-state index contributed by atoms with van der Waals surface area (Å²) in [5.41, 5.74) is 8.11. The monoisotopic (exact) mass is 486 g/mol. The highest BCUT2D eigenvalue weighted by atomic mass is 127. The number of aliphatic imine (C=N–C) groups is 1. The van der Waals surface area contributed by atoms with Gasteiger partial charge in [0, 0.05) is 32.4 Å². The summed E-state index contributed by atoms with van der Waals surface area (Å²) >= 11 is 2.36. The molecule has 0 N–H and O–H groups in total. The number of carbonyl (C=O) groups is 1. The van der Waals surface area contributed by atoms with Crippen molar-refractivity contribution in [3.8, 4) is 5.69 Å². The summed E-state index contributed by atoms with van der Waals surface area (Å²) in [5.74, 6) is -0.338. The number of rotatable bonds is 4. The zero-order valence-electron chi connectivity index (χ0n) is 16.7. The van der Waals surface area contributed by atoms with Crippen molar-refractivity contribution < 1.29 is 9.53 Å². The Labute approximate surface area is 179 Å². The van der Waals surface area contributed by atoms with Crippen LogP contribution in [0.4, 0.5) is 5.69 Å². The maximum Gasteiger partial charge on any atom is 0.337 e. The normalized spacial score (nSPS) is 11.2. The average Bonchev–Trinajstić information content (AvgIpc) is 2.95. The number of aryl methyl sites for hydroxylation is 3. The number of hydrogen-bond acceptors (Lipinski definition) is 3. The molecule has 0 saturated carbocycles. The Morgan fingerprint density at radius 1 is 1.04 bits per heavy atom. The fourth-order valence-electron chi connectivity index (χ4n) is 3.27. The Balaban J connectivity index is 1.93. The minimum absolute atomic E-state index is 0.338. The predicted octanol–water partition coefficient (Wildman–Crippen LogP) is 5.85. The molecular formula is C23H23IN2O2. The summed E-state index contributed by atoms with van der Waals surface area (Å²) in [4.78, 5) is 16.3. The highest BCUT2D eigenvalue weighted by molar-refractivity contribution is 14.1. The number of nitrogens with zero attached hydrogens (tertiary/aromatic N) is 2. The van der Waals surface area contributed by atoms with Gasteiger partial charge in [-0.25, -0.2) is 4.79 Å². The molecule has 0 aliphatic heterocycles. The Hall–Kier alpha value is -2.41. The second kappa shape index (κ2) is 8.31. The van der Waals surface area contributed by atoms with Crippen molar-refractivity contribution in [3.05, 3.63) is 79.7 Å². The summed E-state index contributed by atoms with van der Waals surface area (Å²) in [7, 11) is 1.38. The molecule has 0 atom stereocenters. The highest BCUT2D eigenvalue weighted by Gasteiger charge is 2.11. The molecule has 5 heteroatoms. The van der Waals surface area contributed by atoms with Crippen LogP contribution in [0.3, 0.4) is 0 Å². The van der Waals surface area contributed by atoms with Gasteiger partial charge in [-0.05, 0) is 104 Å². The van der Waals surface area contributed by atoms with Gasteiger partial charge in [-0.2, -0.15) is 0 Å². The maximum absolute atomic E-state index is 11.7. The number of aromatic nitrogens is 1. The number of halogens is 1. The highest BCUT2D eigenvalue weighted by Crippen LogP contribution is 2.24. The van der Waals surface area contributed by atoms with E-state index in [0.29, 0.717) is 5.56 Å². The molecule has 0 bridgehead atoms. The molecule has 0 fully saturated rings. The number of ether oxygens (including phenoxy) is 1. The number of hydrogen-bond donors (Lipinski definition) is 0. The minimum Gasteiger partial charge on any atom is -0.465 e. The number of esters is 1. The lowest BCUT2D eigenvalue weighted by Crippen LogP contribution is -2.01. The van der Waals surface area contributed by atoms with Gasteiger partial charge < -0.3 is 9.30 Å². The quantitative estimate of drug-likeness (QED) is 0.264. The predicted molar refractivity (Wildman–Crippen MR) is 122 cm³/mol. The summed E-state index contributed by atoms with van der Waals surface area (Å²) in [6, 6.07) is 14.0. The fraction of sp³-hybridized carbons (Fsp3) is 0.217. The van der Waals surface area contributed by atoms with Crippen molar-refractivity contribution in [2.24, 2.45) is 4.99 Å². The Morgan fingerprint density at radius 2 is 1.79 bits per heavy atom. The molecule has 0 amide bonds. The van der Waals surface area contributed by atoms with Crippen molar-refractivity contribution in [1.29, 1.82) is 0 Å². The largest absolute Gasteiger partial charge is 0.465 e. The average molecular weight is 486 g/mol. The second-order valence-electron chi connectivity index (χ2n) is 6.85. The molecule has 0 spiro atoms. The first-order chi connectivity index (χ1) is 13.3. The number of carbonyl (C=O) groups excluding carboxylic acids is 1. The van der Waals surface area contributed by atoms with Crippen LogP contribution in [0.2, 0.25) is 0 Å². The molecule has 1 aromatic heterocycles. The molecule has 28 heavy (non-hydrogen) atoms. The first kappa shape index (κ1) is 20.3. The third-order valence-electron chi connectivity index (χ3n) is 4.83. The van der Waals surface area contributed by atoms with E-state index in [1.54, 1.807) is 12.1 Å². The van der Waals surface area contributed by atoms with Gasteiger partial charge >= 0.3 is 5.97 Å². The SMILES string of the molecule is COC(=O)c1ccc(N=Cc2cc(C)n(-c3ccc(I)c(C)c3)c2C)c(C)c1. The summed E-state index contributed by atoms with van der Waals surface area (Å²) in [6.07, 6.45) is 1.89. The summed E-state index contributed by atoms with van der Waals surface area (Å²) in [6.45, 7) is 8.28. The van der Waals surface area contributed by atoms with E-state index in [1.165, 1.54) is 16.2 Å². The molecule has 2 aromatic carbocycles. The topological polar surface area (TPSA) is 43.6 Å². The van der Waals surface area contributed by atoms with Crippen LogP contribution in [-0.2, 0) is 4.74 Å². The van der Waals surface area contributed by atoms with E-state index in [9.17, 15) is 4.79 Å². The second-order valence-corrected chi connectivity index (χ2v) is 8.01. The molecule has 0 aliphatic rings. The Morgan fingerprint density at radius 3 is 2.43 bits per heavy atom. The van der Waals surface area contributed by atoms with E-state index >= 15 is 0 Å². The van der Waals surface area contributed by atoms with Crippen LogP contribution in [0.5, 0.6) is 0 Å². The lowest BCUT2D eigenvalue weighted by Gasteiger charge is -2.11. The fourth-order valence-corrected chi connectivity index (χ4v) is 3.60. The third-order valence-corrected chi connectivity index (χ3v) is 6.04. The number of methoxy groups -OCH3 is 1. The molecule has 144 valence electrons. The van der Waals surface area contributed by atoms with Gasteiger partial charge in [-0.1, -0.05) is 0 Å². The van der Waals surface area contributed by atoms with Crippen molar-refractivity contribution in [1.82, 2.24) is 4.57 Å². The zero-order chi connectivity index (χ0) is 20.4. The van der Waals surface area contributed by atoms with Gasteiger partial charge in [0.25, 0.3) is 0 Å². The first-order valence-corrected chi connectivity index (χ1v) is 10.1. The summed E-state index contributed by atoms with van der Waals surface area (Å²) < 4.78 is 8.28. The molecule has 0 radical (unpaired) electrons. The molecule has 3 aromatic rings. The zero-order valence-corrected chi connectivity index (χ0v) is 18.9. The van der Waals surface area contributed by atoms with Crippen molar-refractivity contribution >= 4 is 40.5 Å². The van der Waals surface area contributed by atoms with E-state index in [2.05, 4.69) is 77.2 Å². The first-order valence-electron chi connectivity index (χ1n) is 9.00. The molecule has 4 nitrogen and oxygen atoms in total. The number of benzene rings is 2. The van der Waals surface area contributed by atoms with Crippen molar-refractivity contribution in [3.63, 3.8) is 0 Å². The van der Waals surface area contributed by atoms with E-state index < -0.39 is 0 Å². The van der Waals surface area contributed by atoms with Gasteiger partial charge in [0.15, 0.2) is 0 Å². The molecule has 0 aliphatic carbocycles. The summed E-state index contributed by atoms with van der Waals surface area (Å²) in [5, 5.41) is 0. The molecule has 0 saturated heterocycles. The Bertz CT molecular complexity index is 1080. The standard InChI is InChI=1S/C23H23IN2O2/c1-14-11-20(7-8-21(14)24)26-16(3)12-19(17(26)4)13-25-22-9-6-18(10-15(22)2)23(27)28-5/h6-13H,1-5H3. The van der Waals surface area contributed by atoms with E-state index in [4.69, 9.17) is 4.74 Å². The van der Waals surface area contributed by atoms with Crippen LogP contribution in [0.1, 0.15) is 38.4 Å². The molecular weight excluding hydrogens is 463 g/mol. The van der Waals surface area contributed by atoms with Crippen LogP contribution in [0.25, 0.3) is 5.69 Å². The minimum atomic E-state index is -0.338. The van der Waals surface area contributed by atoms with Gasteiger partial charge in [0.1, 0.15) is 0 Å². The van der Waals surface area contributed by atoms with E-state index in [0.717, 1.165) is 33.9 Å². The van der Waals surface area contributed by atoms with Crippen LogP contribution in [0.15, 0.2) is 47.5 Å². The molecule has 1 heterocycles. The lowest BCUT2D eigenvalue weighted by atomic mass is 10.1. The van der Waals surface area contributed by atoms with Crippen LogP contribution < -0.4 is 0 Å². The van der Waals surface area contributed by atoms with Gasteiger partial charge in [0.2, 0.25) is 0 Å². The van der Waals surface area contributed by atoms with Crippen molar-refractivity contribution in [2.45, 2.75) is 27.7 Å². The van der Waals surface area contributed by atoms with Crippen molar-refractivity contribution in [2.75, 3.05) is 7.11 Å². The maximum atomic E-state index is 11.7. The van der Waals surface area contributed by atoms with Crippen LogP contribution in [-0.4, -0.2) is 23.9 Å².